The molecular formula is C16H24ClNO2. The van der Waals surface area contributed by atoms with Crippen molar-refractivity contribution in [1.82, 2.24) is 4.90 Å². The van der Waals surface area contributed by atoms with E-state index >= 15 is 0 Å². The molecular weight excluding hydrogens is 274 g/mol. The van der Waals surface area contributed by atoms with Crippen LogP contribution in [0.2, 0.25) is 0 Å². The van der Waals surface area contributed by atoms with Crippen LogP contribution in [0.3, 0.4) is 0 Å². The van der Waals surface area contributed by atoms with Crippen LogP contribution in [0.15, 0.2) is 24.3 Å². The molecule has 0 amide bonds. The lowest BCUT2D eigenvalue weighted by molar-refractivity contribution is -0.143. The van der Waals surface area contributed by atoms with Gasteiger partial charge in [0.05, 0.1) is 5.92 Å². The van der Waals surface area contributed by atoms with Gasteiger partial charge in [-0.1, -0.05) is 38.1 Å². The Morgan fingerprint density at radius 3 is 2.55 bits per heavy atom. The number of carboxylic acids is 1. The van der Waals surface area contributed by atoms with Gasteiger partial charge in [-0.2, -0.15) is 0 Å². The molecule has 20 heavy (non-hydrogen) atoms. The zero-order valence-corrected chi connectivity index (χ0v) is 13.0. The van der Waals surface area contributed by atoms with E-state index in [1.165, 1.54) is 11.1 Å². The normalized spacial score (nSPS) is 19.6. The Morgan fingerprint density at radius 1 is 1.35 bits per heavy atom. The van der Waals surface area contributed by atoms with Crippen LogP contribution in [-0.4, -0.2) is 29.1 Å². The van der Waals surface area contributed by atoms with Crippen molar-refractivity contribution >= 4 is 18.4 Å². The molecule has 1 N–H and O–H groups in total. The van der Waals surface area contributed by atoms with Crippen molar-refractivity contribution in [3.8, 4) is 0 Å². The highest BCUT2D eigenvalue weighted by atomic mass is 35.5. The van der Waals surface area contributed by atoms with Crippen molar-refractivity contribution in [1.29, 1.82) is 0 Å². The molecule has 0 radical (unpaired) electrons. The van der Waals surface area contributed by atoms with Crippen LogP contribution in [0, 0.1) is 5.92 Å². The predicted molar refractivity (Wildman–Crippen MR) is 83.4 cm³/mol. The monoisotopic (exact) mass is 297 g/mol. The third kappa shape index (κ3) is 4.50. The molecule has 4 heteroatoms. The molecule has 2 rings (SSSR count). The van der Waals surface area contributed by atoms with Gasteiger partial charge in [-0.15, -0.1) is 12.4 Å². The fourth-order valence-corrected chi connectivity index (χ4v) is 2.67. The first-order chi connectivity index (χ1) is 9.06. The number of hydrogen-bond acceptors (Lipinski definition) is 2. The van der Waals surface area contributed by atoms with E-state index in [-0.39, 0.29) is 18.3 Å². The van der Waals surface area contributed by atoms with Gasteiger partial charge < -0.3 is 5.11 Å². The number of halogens is 1. The molecule has 1 fully saturated rings. The summed E-state index contributed by atoms with van der Waals surface area (Å²) in [4.78, 5) is 13.3. The Bertz CT molecular complexity index is 431. The summed E-state index contributed by atoms with van der Waals surface area (Å²) in [6.07, 6.45) is 1.80. The van der Waals surface area contributed by atoms with Crippen LogP contribution >= 0.6 is 12.4 Å². The second kappa shape index (κ2) is 7.65. The molecule has 0 saturated carbocycles. The third-order valence-electron chi connectivity index (χ3n) is 3.91. The molecule has 3 nitrogen and oxygen atoms in total. The summed E-state index contributed by atoms with van der Waals surface area (Å²) >= 11 is 0. The molecule has 0 aromatic heterocycles. The standard InChI is InChI=1S/C16H23NO2.ClH/c1-12(2)14-7-5-13(6-8-14)10-17-9-3-4-15(11-17)16(18)19;/h5-8,12,15H,3-4,9-11H2,1-2H3,(H,18,19);1H. The second-order valence-corrected chi connectivity index (χ2v) is 5.81. The summed E-state index contributed by atoms with van der Waals surface area (Å²) in [5, 5.41) is 9.09. The maximum atomic E-state index is 11.0. The van der Waals surface area contributed by atoms with E-state index < -0.39 is 5.97 Å². The van der Waals surface area contributed by atoms with Gasteiger partial charge in [-0.25, -0.2) is 0 Å². The molecule has 1 unspecified atom stereocenters. The van der Waals surface area contributed by atoms with Crippen LogP contribution in [-0.2, 0) is 11.3 Å². The van der Waals surface area contributed by atoms with E-state index in [0.717, 1.165) is 25.9 Å². The third-order valence-corrected chi connectivity index (χ3v) is 3.91. The van der Waals surface area contributed by atoms with Gasteiger partial charge >= 0.3 is 5.97 Å². The summed E-state index contributed by atoms with van der Waals surface area (Å²) in [6, 6.07) is 8.69. The van der Waals surface area contributed by atoms with Crippen LogP contribution in [0.5, 0.6) is 0 Å². The van der Waals surface area contributed by atoms with E-state index in [1.54, 1.807) is 0 Å². The van der Waals surface area contributed by atoms with Gasteiger partial charge in [-0.05, 0) is 36.4 Å². The van der Waals surface area contributed by atoms with Crippen LogP contribution < -0.4 is 0 Å². The zero-order chi connectivity index (χ0) is 13.8. The quantitative estimate of drug-likeness (QED) is 0.924. The lowest BCUT2D eigenvalue weighted by Gasteiger charge is -2.30. The Hall–Kier alpha value is -1.06. The number of likely N-dealkylation sites (tertiary alicyclic amines) is 1. The lowest BCUT2D eigenvalue weighted by Crippen LogP contribution is -2.38. The van der Waals surface area contributed by atoms with Gasteiger partial charge in [0.1, 0.15) is 0 Å². The van der Waals surface area contributed by atoms with Gasteiger partial charge in [0.25, 0.3) is 0 Å². The minimum atomic E-state index is -0.653. The largest absolute Gasteiger partial charge is 0.481 e. The summed E-state index contributed by atoms with van der Waals surface area (Å²) in [7, 11) is 0. The van der Waals surface area contributed by atoms with E-state index in [4.69, 9.17) is 5.11 Å². The first-order valence-corrected chi connectivity index (χ1v) is 7.10. The van der Waals surface area contributed by atoms with Crippen molar-refractivity contribution in [3.63, 3.8) is 0 Å². The summed E-state index contributed by atoms with van der Waals surface area (Å²) in [6.45, 7) is 6.94. The number of carbonyl (C=O) groups is 1. The van der Waals surface area contributed by atoms with E-state index in [9.17, 15) is 4.79 Å². The summed E-state index contributed by atoms with van der Waals surface area (Å²) < 4.78 is 0. The van der Waals surface area contributed by atoms with Gasteiger partial charge in [-0.3, -0.25) is 9.69 Å². The summed E-state index contributed by atoms with van der Waals surface area (Å²) in [5.74, 6) is -0.288. The molecule has 1 heterocycles. The minimum Gasteiger partial charge on any atom is -0.481 e. The number of rotatable bonds is 4. The molecule has 1 saturated heterocycles. The average molecular weight is 298 g/mol. The fraction of sp³-hybridized carbons (Fsp3) is 0.562. The number of hydrogen-bond donors (Lipinski definition) is 1. The Morgan fingerprint density at radius 2 is 2.00 bits per heavy atom. The summed E-state index contributed by atoms with van der Waals surface area (Å²) in [5.41, 5.74) is 2.63. The zero-order valence-electron chi connectivity index (χ0n) is 12.2. The molecule has 0 aliphatic carbocycles. The molecule has 1 aliphatic heterocycles. The highest BCUT2D eigenvalue weighted by Gasteiger charge is 2.25. The van der Waals surface area contributed by atoms with Crippen molar-refractivity contribution in [2.75, 3.05) is 13.1 Å². The smallest absolute Gasteiger partial charge is 0.307 e. The Balaban J connectivity index is 0.00000200. The highest BCUT2D eigenvalue weighted by Crippen LogP contribution is 2.20. The predicted octanol–water partition coefficient (Wildman–Crippen LogP) is 3.53. The first kappa shape index (κ1) is 17.0. The maximum absolute atomic E-state index is 11.0. The minimum absolute atomic E-state index is 0. The number of benzene rings is 1. The van der Waals surface area contributed by atoms with Gasteiger partial charge in [0, 0.05) is 13.1 Å². The molecule has 0 bridgehead atoms. The van der Waals surface area contributed by atoms with Crippen molar-refractivity contribution in [3.05, 3.63) is 35.4 Å². The van der Waals surface area contributed by atoms with Crippen LogP contribution in [0.25, 0.3) is 0 Å². The first-order valence-electron chi connectivity index (χ1n) is 7.10. The lowest BCUT2D eigenvalue weighted by atomic mass is 9.97. The van der Waals surface area contributed by atoms with Gasteiger partial charge in [0.2, 0.25) is 0 Å². The van der Waals surface area contributed by atoms with Gasteiger partial charge in [0.15, 0.2) is 0 Å². The molecule has 1 aromatic rings. The van der Waals surface area contributed by atoms with Crippen LogP contribution in [0.1, 0.15) is 43.7 Å². The molecule has 112 valence electrons. The number of aliphatic carboxylic acids is 1. The van der Waals surface area contributed by atoms with E-state index in [2.05, 4.69) is 43.0 Å². The molecule has 1 atom stereocenters. The highest BCUT2D eigenvalue weighted by molar-refractivity contribution is 5.85. The fourth-order valence-electron chi connectivity index (χ4n) is 2.67. The van der Waals surface area contributed by atoms with Crippen molar-refractivity contribution in [2.24, 2.45) is 5.92 Å². The SMILES string of the molecule is CC(C)c1ccc(CN2CCCC(C(=O)O)C2)cc1.Cl. The number of piperidine rings is 1. The molecule has 1 aromatic carbocycles. The topological polar surface area (TPSA) is 40.5 Å². The number of nitrogens with zero attached hydrogens (tertiary/aromatic N) is 1. The van der Waals surface area contributed by atoms with Crippen LogP contribution in [0.4, 0.5) is 0 Å². The maximum Gasteiger partial charge on any atom is 0.307 e. The van der Waals surface area contributed by atoms with Crippen molar-refractivity contribution in [2.45, 2.75) is 39.2 Å². The second-order valence-electron chi connectivity index (χ2n) is 5.81. The average Bonchev–Trinajstić information content (AvgIpc) is 2.39. The number of carboxylic acid groups (broad SMARTS) is 1. The molecule has 0 spiro atoms. The van der Waals surface area contributed by atoms with E-state index in [1.807, 2.05) is 0 Å². The molecule has 1 aliphatic rings. The Kier molecular flexibility index (Phi) is 6.50. The van der Waals surface area contributed by atoms with Crippen molar-refractivity contribution < 1.29 is 9.90 Å². The Labute approximate surface area is 127 Å². The van der Waals surface area contributed by atoms with E-state index in [0.29, 0.717) is 12.5 Å².